The van der Waals surface area contributed by atoms with E-state index in [1.54, 1.807) is 24.3 Å². The number of hydrogen-bond acceptors (Lipinski definition) is 8. The second kappa shape index (κ2) is 10.1. The highest BCUT2D eigenvalue weighted by Gasteiger charge is 2.47. The standard InChI is InChI=1S/C28H21Cl2F3N4O3S/c29-18-2-1-3-19(30)23(18)24-17(26(40-36-24)14-4-5-14)12-38-20-9-16-8-15(20)11-37(16)27-35-25-21(39-28(31,32)33)6-13(10-34)7-22(25)41-27/h1-3,6-7,14-16,20H,4-5,8-9,11-12H2/t15-,16-,20+/m0/s1. The predicted molar refractivity (Wildman–Crippen MR) is 147 cm³/mol. The lowest BCUT2D eigenvalue weighted by Crippen LogP contribution is -2.38. The van der Waals surface area contributed by atoms with Crippen molar-refractivity contribution in [2.45, 2.75) is 56.7 Å². The van der Waals surface area contributed by atoms with Gasteiger partial charge in [0.1, 0.15) is 17.0 Å². The van der Waals surface area contributed by atoms with Gasteiger partial charge in [0.15, 0.2) is 10.9 Å². The van der Waals surface area contributed by atoms with Gasteiger partial charge in [-0.15, -0.1) is 13.2 Å². The van der Waals surface area contributed by atoms with E-state index in [4.69, 9.17) is 32.5 Å². The fourth-order valence-electron chi connectivity index (χ4n) is 5.96. The maximum Gasteiger partial charge on any atom is 0.573 e. The van der Waals surface area contributed by atoms with Crippen LogP contribution in [0.2, 0.25) is 10.0 Å². The number of anilines is 1. The van der Waals surface area contributed by atoms with Gasteiger partial charge in [0.05, 0.1) is 39.1 Å². The lowest BCUT2D eigenvalue weighted by Gasteiger charge is -2.31. The summed E-state index contributed by atoms with van der Waals surface area (Å²) in [6.07, 6.45) is -1.18. The van der Waals surface area contributed by atoms with Crippen LogP contribution >= 0.6 is 34.5 Å². The maximum atomic E-state index is 13.0. The van der Waals surface area contributed by atoms with E-state index in [2.05, 4.69) is 19.8 Å². The molecular formula is C28H21Cl2F3N4O3S. The highest BCUT2D eigenvalue weighted by atomic mass is 35.5. The fraction of sp³-hybridized carbons (Fsp3) is 0.393. The first kappa shape index (κ1) is 26.8. The molecule has 3 heterocycles. The van der Waals surface area contributed by atoms with E-state index in [9.17, 15) is 18.4 Å². The van der Waals surface area contributed by atoms with Crippen molar-refractivity contribution in [3.8, 4) is 23.1 Å². The lowest BCUT2D eigenvalue weighted by atomic mass is 10.0. The van der Waals surface area contributed by atoms with Gasteiger partial charge < -0.3 is 18.9 Å². The third-order valence-corrected chi connectivity index (χ3v) is 9.60. The Labute approximate surface area is 246 Å². The van der Waals surface area contributed by atoms with Gasteiger partial charge in [-0.2, -0.15) is 5.26 Å². The Bertz CT molecular complexity index is 1680. The number of ether oxygens (including phenoxy) is 2. The summed E-state index contributed by atoms with van der Waals surface area (Å²) in [5, 5.41) is 15.2. The number of thiazole rings is 1. The molecule has 2 aromatic carbocycles. The van der Waals surface area contributed by atoms with Crippen molar-refractivity contribution in [3.63, 3.8) is 0 Å². The van der Waals surface area contributed by atoms with Crippen molar-refractivity contribution < 1.29 is 27.2 Å². The van der Waals surface area contributed by atoms with Gasteiger partial charge in [-0.1, -0.05) is 45.8 Å². The molecule has 3 atom stereocenters. The van der Waals surface area contributed by atoms with Crippen molar-refractivity contribution in [1.82, 2.24) is 10.1 Å². The predicted octanol–water partition coefficient (Wildman–Crippen LogP) is 8.09. The summed E-state index contributed by atoms with van der Waals surface area (Å²) in [5.74, 6) is 0.903. The molecule has 212 valence electrons. The number of alkyl halides is 3. The van der Waals surface area contributed by atoms with E-state index >= 15 is 0 Å². The smallest absolute Gasteiger partial charge is 0.403 e. The zero-order chi connectivity index (χ0) is 28.5. The first-order valence-electron chi connectivity index (χ1n) is 13.1. The molecule has 0 amide bonds. The summed E-state index contributed by atoms with van der Waals surface area (Å²) in [6, 6.07) is 9.96. The summed E-state index contributed by atoms with van der Waals surface area (Å²) < 4.78 is 55.9. The van der Waals surface area contributed by atoms with Crippen molar-refractivity contribution in [1.29, 1.82) is 5.26 Å². The fourth-order valence-corrected chi connectivity index (χ4v) is 7.64. The number of nitriles is 1. The first-order chi connectivity index (χ1) is 19.7. The molecule has 4 aromatic rings. The molecular weight excluding hydrogens is 600 g/mol. The molecule has 3 fully saturated rings. The normalized spacial score (nSPS) is 22.0. The quantitative estimate of drug-likeness (QED) is 0.206. The molecule has 7 rings (SSSR count). The molecule has 2 aliphatic carbocycles. The first-order valence-corrected chi connectivity index (χ1v) is 14.7. The number of halogens is 5. The highest BCUT2D eigenvalue weighted by molar-refractivity contribution is 7.22. The molecule has 0 radical (unpaired) electrons. The van der Waals surface area contributed by atoms with Gasteiger partial charge >= 0.3 is 6.36 Å². The molecule has 1 aliphatic heterocycles. The summed E-state index contributed by atoms with van der Waals surface area (Å²) in [4.78, 5) is 6.64. The second-order valence-corrected chi connectivity index (χ2v) is 12.4. The van der Waals surface area contributed by atoms with Crippen LogP contribution in [0.1, 0.15) is 48.5 Å². The van der Waals surface area contributed by atoms with Crippen molar-refractivity contribution in [3.05, 3.63) is 57.3 Å². The average molecular weight is 621 g/mol. The van der Waals surface area contributed by atoms with Crippen molar-refractivity contribution in [2.24, 2.45) is 5.92 Å². The summed E-state index contributed by atoms with van der Waals surface area (Å²) in [6.45, 7) is 0.981. The van der Waals surface area contributed by atoms with Crippen molar-refractivity contribution in [2.75, 3.05) is 11.4 Å². The Morgan fingerprint density at radius 2 is 1.95 bits per heavy atom. The lowest BCUT2D eigenvalue weighted by molar-refractivity contribution is -0.274. The van der Waals surface area contributed by atoms with E-state index in [-0.39, 0.29) is 29.1 Å². The van der Waals surface area contributed by atoms with Crippen LogP contribution in [0.15, 0.2) is 34.9 Å². The number of aromatic nitrogens is 2. The van der Waals surface area contributed by atoms with Crippen LogP contribution in [-0.2, 0) is 11.3 Å². The molecule has 2 bridgehead atoms. The summed E-state index contributed by atoms with van der Waals surface area (Å²) >= 11 is 14.2. The molecule has 1 saturated heterocycles. The van der Waals surface area contributed by atoms with Crippen LogP contribution in [0.25, 0.3) is 21.5 Å². The number of benzene rings is 2. The van der Waals surface area contributed by atoms with Crippen LogP contribution in [0.4, 0.5) is 18.3 Å². The topological polar surface area (TPSA) is 84.4 Å². The second-order valence-electron chi connectivity index (χ2n) is 10.6. The number of fused-ring (bicyclic) bond motifs is 3. The Kier molecular flexibility index (Phi) is 6.58. The van der Waals surface area contributed by atoms with Gasteiger partial charge in [0.2, 0.25) is 0 Å². The monoisotopic (exact) mass is 620 g/mol. The zero-order valence-electron chi connectivity index (χ0n) is 21.3. The number of hydrogen-bond donors (Lipinski definition) is 0. The molecule has 0 N–H and O–H groups in total. The van der Waals surface area contributed by atoms with Crippen LogP contribution in [0, 0.1) is 17.2 Å². The van der Waals surface area contributed by atoms with Gasteiger partial charge in [-0.05, 0) is 43.9 Å². The molecule has 41 heavy (non-hydrogen) atoms. The van der Waals surface area contributed by atoms with E-state index < -0.39 is 12.1 Å². The van der Waals surface area contributed by atoms with Crippen LogP contribution in [0.3, 0.4) is 0 Å². The highest BCUT2D eigenvalue weighted by Crippen LogP contribution is 2.48. The van der Waals surface area contributed by atoms with Gasteiger partial charge in [0, 0.05) is 41.6 Å². The Morgan fingerprint density at radius 3 is 2.61 bits per heavy atom. The van der Waals surface area contributed by atoms with Crippen LogP contribution in [0.5, 0.6) is 5.75 Å². The minimum Gasteiger partial charge on any atom is -0.403 e. The van der Waals surface area contributed by atoms with E-state index in [1.165, 1.54) is 11.3 Å². The minimum atomic E-state index is -4.89. The van der Waals surface area contributed by atoms with Gasteiger partial charge in [-0.25, -0.2) is 4.98 Å². The number of piperidine rings is 1. The maximum absolute atomic E-state index is 13.0. The largest absolute Gasteiger partial charge is 0.573 e. The zero-order valence-corrected chi connectivity index (χ0v) is 23.6. The van der Waals surface area contributed by atoms with Crippen molar-refractivity contribution >= 4 is 49.9 Å². The number of rotatable bonds is 7. The molecule has 7 nitrogen and oxygen atoms in total. The molecule has 2 saturated carbocycles. The number of nitrogens with zero attached hydrogens (tertiary/aromatic N) is 4. The summed E-state index contributed by atoms with van der Waals surface area (Å²) in [7, 11) is 0. The van der Waals surface area contributed by atoms with E-state index in [0.29, 0.717) is 50.2 Å². The Balaban J connectivity index is 1.09. The SMILES string of the molecule is N#Cc1cc(OC(F)(F)F)c2nc(N3C[C@@H]4C[C@H]3C[C@H]4OCc3c(-c4c(Cl)cccc4Cl)noc3C3CC3)sc2c1. The minimum absolute atomic E-state index is 0.00327. The molecule has 3 aliphatic rings. The molecule has 13 heteroatoms. The Morgan fingerprint density at radius 1 is 1.17 bits per heavy atom. The van der Waals surface area contributed by atoms with Gasteiger partial charge in [-0.3, -0.25) is 0 Å². The Hall–Kier alpha value is -3.04. The third kappa shape index (κ3) is 5.01. The van der Waals surface area contributed by atoms with Crippen LogP contribution < -0.4 is 9.64 Å². The molecule has 0 unspecified atom stereocenters. The summed E-state index contributed by atoms with van der Waals surface area (Å²) in [5.41, 5.74) is 2.30. The average Bonchev–Trinajstić information content (AvgIpc) is 3.25. The molecule has 0 spiro atoms. The van der Waals surface area contributed by atoms with E-state index in [0.717, 1.165) is 43.1 Å². The van der Waals surface area contributed by atoms with E-state index in [1.807, 2.05) is 6.07 Å². The molecule has 2 aromatic heterocycles. The van der Waals surface area contributed by atoms with Crippen LogP contribution in [-0.4, -0.2) is 35.2 Å². The van der Waals surface area contributed by atoms with Gasteiger partial charge in [0.25, 0.3) is 0 Å². The third-order valence-electron chi connectivity index (χ3n) is 7.93.